The Kier molecular flexibility index (Phi) is 35.2. The number of benzene rings is 3. The first kappa shape index (κ1) is 105. The minimum Gasteiger partial charge on any atom is -0.872 e. The van der Waals surface area contributed by atoms with Gasteiger partial charge in [-0.3, -0.25) is 100 Å². The van der Waals surface area contributed by atoms with E-state index in [1.54, 1.807) is 71.0 Å². The number of halogens is 15. The van der Waals surface area contributed by atoms with E-state index >= 15 is 22.4 Å². The number of alkyl halides is 15. The van der Waals surface area contributed by atoms with Crippen molar-refractivity contribution in [3.63, 3.8) is 0 Å². The molecule has 1 saturated heterocycles. The summed E-state index contributed by atoms with van der Waals surface area (Å²) in [5.41, 5.74) is 18.2. The number of amides is 11. The molecule has 49 heteroatoms. The van der Waals surface area contributed by atoms with Crippen molar-refractivity contribution in [1.29, 1.82) is 0 Å². The van der Waals surface area contributed by atoms with E-state index in [0.717, 1.165) is 6.92 Å². The molecule has 1 radical (unpaired) electrons. The molecule has 11 amide bonds. The molecule has 2 aromatic heterocycles. The van der Waals surface area contributed by atoms with Crippen molar-refractivity contribution in [3.8, 4) is 50.5 Å². The van der Waals surface area contributed by atoms with Crippen LogP contribution in [0.3, 0.4) is 0 Å². The van der Waals surface area contributed by atoms with Crippen LogP contribution in [0.5, 0.6) is 5.75 Å². The average molecular weight is 1870 g/mol. The molecule has 22 N–H and O–H groups in total. The summed E-state index contributed by atoms with van der Waals surface area (Å²) in [6, 6.07) is 2.37. The fraction of sp³-hybridized carbons (Fsp3) is 0.476. The van der Waals surface area contributed by atoms with Crippen LogP contribution in [0.2, 0.25) is 0 Å². The highest BCUT2D eigenvalue weighted by molar-refractivity contribution is 6.07. The third kappa shape index (κ3) is 25.3. The van der Waals surface area contributed by atoms with Crippen molar-refractivity contribution in [2.45, 2.75) is 202 Å². The molecule has 2 aliphatic heterocycles. The van der Waals surface area contributed by atoms with Crippen molar-refractivity contribution < 1.29 is 144 Å². The van der Waals surface area contributed by atoms with Gasteiger partial charge in [0.1, 0.15) is 66.2 Å². The maximum absolute atomic E-state index is 15.4. The van der Waals surface area contributed by atoms with Crippen LogP contribution in [0.15, 0.2) is 101 Å². The van der Waals surface area contributed by atoms with Gasteiger partial charge in [0.15, 0.2) is 5.43 Å². The van der Waals surface area contributed by atoms with Gasteiger partial charge in [-0.15, -0.1) is 0 Å². The first-order valence-electron chi connectivity index (χ1n) is 40.6. The van der Waals surface area contributed by atoms with Gasteiger partial charge in [-0.05, 0) is 161 Å². The Hall–Kier alpha value is -13.2. The van der Waals surface area contributed by atoms with Crippen molar-refractivity contribution >= 4 is 87.9 Å². The van der Waals surface area contributed by atoms with Gasteiger partial charge in [0.05, 0.1) is 19.7 Å². The number of hydrogen-bond acceptors (Lipinski definition) is 17. The van der Waals surface area contributed by atoms with E-state index in [9.17, 15) is 111 Å². The van der Waals surface area contributed by atoms with Crippen LogP contribution in [-0.2, 0) is 47.9 Å². The summed E-state index contributed by atoms with van der Waals surface area (Å²) >= 11 is 0. The predicted molar refractivity (Wildman–Crippen MR) is 435 cm³/mol. The fourth-order valence-corrected chi connectivity index (χ4v) is 13.9. The molecule has 1 fully saturated rings. The molecule has 1 aliphatic carbocycles. The highest BCUT2D eigenvalue weighted by Crippen LogP contribution is 2.63. The number of hydrogen-bond donors (Lipinski definition) is 17. The lowest BCUT2D eigenvalue weighted by Gasteiger charge is -2.41. The van der Waals surface area contributed by atoms with Crippen molar-refractivity contribution in [1.82, 2.24) is 73.4 Å². The second kappa shape index (κ2) is 44.0. The van der Waals surface area contributed by atoms with Crippen LogP contribution in [0.1, 0.15) is 121 Å². The second-order valence-corrected chi connectivity index (χ2v) is 31.7. The molecule has 8 unspecified atom stereocenters. The van der Waals surface area contributed by atoms with Crippen molar-refractivity contribution in [2.24, 2.45) is 29.0 Å². The highest BCUT2D eigenvalue weighted by Gasteiger charge is 2.94. The summed E-state index contributed by atoms with van der Waals surface area (Å²) < 4.78 is 219. The molecule has 715 valence electrons. The van der Waals surface area contributed by atoms with Crippen LogP contribution >= 0.6 is 0 Å². The maximum Gasteiger partial charge on any atom is 0.460 e. The van der Waals surface area contributed by atoms with Gasteiger partial charge in [-0.1, -0.05) is 51.6 Å². The second-order valence-electron chi connectivity index (χ2n) is 31.7. The molecule has 4 aromatic rings. The number of aryl methyl sites for hydroxylation is 1. The largest absolute Gasteiger partial charge is 0.872 e. The normalized spacial score (nSPS) is 15.1. The number of primary amides is 1. The summed E-state index contributed by atoms with van der Waals surface area (Å²) in [5.74, 6) is -66.3. The molecule has 8 atom stereocenters. The molecule has 131 heavy (non-hydrogen) atoms. The van der Waals surface area contributed by atoms with Crippen molar-refractivity contribution in [2.75, 3.05) is 32.8 Å². The lowest BCUT2D eigenvalue weighted by Crippen LogP contribution is -2.74. The number of rotatable bonds is 45. The molecule has 4 heterocycles. The summed E-state index contributed by atoms with van der Waals surface area (Å²) in [4.78, 5) is 174. The number of unbranched alkanes of at least 4 members (excludes halogenated alkanes) is 1. The SMILES string of the molecule is Cc1cc(C(=O)NC(CCCCNC(=O)C2CCCN2C(=O)C(F)(F)C(F)(F)C(F)(F)C(F)(F)C(F)(F)C(F)(F)C(F)(F)F)C(=O)NC(CC(C)C)C(=O)NC(CCCNC(N)=[NH2+])C(=O)NC(CCCNC(N)=[NH2+])C(=O)NC(C)C(=O)NC(CO)C(=O)NC(CC(C)C)C(=O)N[CH]C(N)=O)ccc1-c1c2cc(-c3cccnc3)c(=O)cc-2oc2cc([O-])c(-c3cccnc3)cc12. The van der Waals surface area contributed by atoms with Gasteiger partial charge in [0.2, 0.25) is 53.2 Å². The van der Waals surface area contributed by atoms with E-state index < -0.39 is 216 Å². The quantitative estimate of drug-likeness (QED) is 0.00846. The molecule has 2 aromatic carbocycles. The van der Waals surface area contributed by atoms with Crippen LogP contribution in [-0.4, -0.2) is 220 Å². The topological polar surface area (TPSA) is 552 Å². The van der Waals surface area contributed by atoms with E-state index in [4.69, 9.17) is 32.4 Å². The third-order valence-electron chi connectivity index (χ3n) is 20.7. The van der Waals surface area contributed by atoms with Crippen LogP contribution in [0, 0.1) is 25.3 Å². The summed E-state index contributed by atoms with van der Waals surface area (Å²) in [7, 11) is 0. The van der Waals surface area contributed by atoms with E-state index in [2.05, 4.69) is 68.5 Å². The van der Waals surface area contributed by atoms with Crippen molar-refractivity contribution in [3.05, 3.63) is 119 Å². The molecule has 0 spiro atoms. The van der Waals surface area contributed by atoms with Crippen LogP contribution < -0.4 is 97.0 Å². The molecule has 7 rings (SSSR count). The zero-order valence-corrected chi connectivity index (χ0v) is 70.9. The lowest BCUT2D eigenvalue weighted by molar-refractivity contribution is -0.449. The number of carbonyl (C=O) groups is 11. The summed E-state index contributed by atoms with van der Waals surface area (Å²) in [6.45, 7) is 6.87. The lowest BCUT2D eigenvalue weighted by atomic mass is 9.88. The number of likely N-dealkylation sites (tertiary alicyclic amines) is 1. The zero-order valence-electron chi connectivity index (χ0n) is 70.9. The van der Waals surface area contributed by atoms with Crippen LogP contribution in [0.25, 0.3) is 55.7 Å². The van der Waals surface area contributed by atoms with Gasteiger partial charge in [0.25, 0.3) is 5.91 Å². The van der Waals surface area contributed by atoms with Gasteiger partial charge in [0, 0.05) is 77.1 Å². The number of nitrogens with zero attached hydrogens (tertiary/aromatic N) is 3. The number of guanidine groups is 2. The smallest absolute Gasteiger partial charge is 0.460 e. The molecular weight excluding hydrogens is 1780 g/mol. The number of fused-ring (bicyclic) bond motifs is 2. The van der Waals surface area contributed by atoms with E-state index in [0.29, 0.717) is 45.3 Å². The fourth-order valence-electron chi connectivity index (χ4n) is 13.9. The maximum atomic E-state index is 15.4. The van der Waals surface area contributed by atoms with E-state index in [1.807, 2.05) is 0 Å². The van der Waals surface area contributed by atoms with Gasteiger partial charge >= 0.3 is 59.5 Å². The molecule has 34 nitrogen and oxygen atoms in total. The summed E-state index contributed by atoms with van der Waals surface area (Å²) in [5, 5.41) is 62.4. The minimum absolute atomic E-state index is 0.00173. The first-order valence-corrected chi connectivity index (χ1v) is 40.6. The molecule has 0 bridgehead atoms. The van der Waals surface area contributed by atoms with Gasteiger partial charge in [-0.2, -0.15) is 65.9 Å². The standard InChI is InChI=1S/C82H97F15N19O15/c1-39(2)28-54(66(123)108-37-62(98)120)113-71(128)56(38-117)115-64(121)42(6)109-67(124)52(17-11-25-106-74(99)100)111-68(125)53(18-12-26-107-75(101)102)112-70(127)55(29-40(3)4)114-69(126)51(16-7-8-24-105-72(129)57-19-13-27-116(57)73(130)76(83,84)77(85,86)78(87,88)79(89,90)80(91,92)81(93,94)82(95,96)97)110-65(122)43-20-21-46(41(5)30-43)63-49-31-47(44-14-9-22-103-35-44)58(118)33-60(49)131-61-34-59(119)48(32-50(61)63)45-15-10-23-104-36-45/h9-10,14-15,20-23,30-37,39-40,42,51-57,117-118H,7-8,11-13,16-19,24-29,38H2,1-6H3,(H2,98,120)(H,105,129)(H,108,123)(H,109,124)(H,110,122)(H,111,125)(H,112,127)(H,113,128)(H,114,126)(H,115,121)(H4,99,100,106)(H4,101,102,107)/p+1. The Labute approximate surface area is 736 Å². The Morgan fingerprint density at radius 3 is 1.54 bits per heavy atom. The number of aromatic nitrogens is 2. The third-order valence-corrected chi connectivity index (χ3v) is 20.7. The minimum atomic E-state index is -8.71. The monoisotopic (exact) mass is 1870 g/mol. The summed E-state index contributed by atoms with van der Waals surface area (Å²) in [6.07, 6.45) is -5.65. The zero-order chi connectivity index (χ0) is 98.0. The first-order chi connectivity index (χ1) is 61.0. The number of aliphatic hydroxyl groups is 1. The van der Waals surface area contributed by atoms with Crippen LogP contribution in [0.4, 0.5) is 65.9 Å². The highest BCUT2D eigenvalue weighted by atomic mass is 19.4. The molecule has 3 aliphatic rings. The van der Waals surface area contributed by atoms with E-state index in [1.165, 1.54) is 55.1 Å². The number of pyridine rings is 2. The number of aliphatic hydroxyl groups excluding tert-OH is 1. The predicted octanol–water partition coefficient (Wildman–Crippen LogP) is 1.48. The van der Waals surface area contributed by atoms with Gasteiger partial charge < -0.3 is 73.1 Å². The van der Waals surface area contributed by atoms with Gasteiger partial charge in [-0.25, -0.2) is 0 Å². The number of carbonyl (C=O) groups excluding carboxylic acids is 11. The molecular formula is C82H98F15N19O15+. The van der Waals surface area contributed by atoms with E-state index in [-0.39, 0.29) is 110 Å². The number of nitrogens with two attached hydrogens (primary N) is 5. The Bertz CT molecular complexity index is 5190. The average Bonchev–Trinajstić information content (AvgIpc) is 0.969. The Balaban J connectivity index is 1.20. The Morgan fingerprint density at radius 1 is 0.550 bits per heavy atom. The number of nitrogens with one attached hydrogen (secondary N) is 11. The Morgan fingerprint density at radius 2 is 1.03 bits per heavy atom. The molecule has 0 saturated carbocycles.